The van der Waals surface area contributed by atoms with Crippen molar-refractivity contribution in [2.24, 2.45) is 0 Å². The maximum absolute atomic E-state index is 12.5. The summed E-state index contributed by atoms with van der Waals surface area (Å²) in [6, 6.07) is 7.97. The zero-order valence-electron chi connectivity index (χ0n) is 13.0. The molecule has 4 nitrogen and oxygen atoms in total. The molecule has 0 fully saturated rings. The van der Waals surface area contributed by atoms with Gasteiger partial charge in [-0.3, -0.25) is 9.48 Å². The second-order valence-corrected chi connectivity index (χ2v) is 7.14. The average molecular weight is 352 g/mol. The van der Waals surface area contributed by atoms with Crippen molar-refractivity contribution >= 4 is 21.6 Å². The Kier molecular flexibility index (Phi) is 4.33. The third-order valence-electron chi connectivity index (χ3n) is 3.50. The van der Waals surface area contributed by atoms with Gasteiger partial charge >= 0.3 is 0 Å². The lowest BCUT2D eigenvalue weighted by Crippen LogP contribution is -2.26. The molecular weight excluding hydrogens is 330 g/mol. The maximum Gasteiger partial charge on any atom is 0.290 e. The number of anilines is 1. The van der Waals surface area contributed by atoms with Crippen molar-refractivity contribution in [1.29, 1.82) is 0 Å². The third-order valence-corrected chi connectivity index (χ3v) is 3.99. The lowest BCUT2D eigenvalue weighted by atomic mass is 9.91. The van der Waals surface area contributed by atoms with Crippen LogP contribution >= 0.6 is 15.9 Å². The number of halogens is 1. The topological polar surface area (TPSA) is 52.9 Å². The highest BCUT2D eigenvalue weighted by atomic mass is 79.9. The Morgan fingerprint density at radius 1 is 1.24 bits per heavy atom. The predicted octanol–water partition coefficient (Wildman–Crippen LogP) is 3.36. The van der Waals surface area contributed by atoms with Crippen molar-refractivity contribution in [3.8, 4) is 0 Å². The highest BCUT2D eigenvalue weighted by Gasteiger charge is 2.26. The van der Waals surface area contributed by atoms with Gasteiger partial charge < -0.3 is 5.73 Å². The standard InChI is InChI=1S/C16H22BrN3O/c1-5-19-14(16(2,3)4)13(18)15(21)20(19)10-11-7-6-8-12(17)9-11/h6-9H,5,10,18H2,1-4H3. The number of nitrogens with zero attached hydrogens (tertiary/aromatic N) is 2. The van der Waals surface area contributed by atoms with E-state index in [1.54, 1.807) is 4.68 Å². The molecule has 2 N–H and O–H groups in total. The second kappa shape index (κ2) is 5.72. The summed E-state index contributed by atoms with van der Waals surface area (Å²) in [5.74, 6) is 0. The van der Waals surface area contributed by atoms with Gasteiger partial charge in [-0.1, -0.05) is 48.8 Å². The first kappa shape index (κ1) is 15.9. The first-order valence-corrected chi connectivity index (χ1v) is 7.89. The van der Waals surface area contributed by atoms with E-state index in [0.717, 1.165) is 15.7 Å². The Morgan fingerprint density at radius 2 is 1.90 bits per heavy atom. The zero-order chi connectivity index (χ0) is 15.8. The Morgan fingerprint density at radius 3 is 2.43 bits per heavy atom. The first-order chi connectivity index (χ1) is 9.75. The number of aromatic nitrogens is 2. The van der Waals surface area contributed by atoms with Crippen LogP contribution in [-0.2, 0) is 18.5 Å². The van der Waals surface area contributed by atoms with E-state index in [-0.39, 0.29) is 11.0 Å². The molecule has 0 bridgehead atoms. The summed E-state index contributed by atoms with van der Waals surface area (Å²) in [6.07, 6.45) is 0. The van der Waals surface area contributed by atoms with Crippen molar-refractivity contribution in [2.75, 3.05) is 5.73 Å². The van der Waals surface area contributed by atoms with E-state index in [4.69, 9.17) is 5.73 Å². The van der Waals surface area contributed by atoms with Crippen molar-refractivity contribution in [2.45, 2.75) is 46.2 Å². The Balaban J connectivity index is 2.57. The molecule has 2 aromatic rings. The fourth-order valence-electron chi connectivity index (χ4n) is 2.70. The second-order valence-electron chi connectivity index (χ2n) is 6.22. The summed E-state index contributed by atoms with van der Waals surface area (Å²) >= 11 is 3.46. The number of benzene rings is 1. The Hall–Kier alpha value is -1.49. The molecule has 1 heterocycles. The van der Waals surface area contributed by atoms with E-state index >= 15 is 0 Å². The molecule has 114 valence electrons. The number of hydrogen-bond acceptors (Lipinski definition) is 2. The highest BCUT2D eigenvalue weighted by molar-refractivity contribution is 9.10. The molecule has 21 heavy (non-hydrogen) atoms. The lowest BCUT2D eigenvalue weighted by Gasteiger charge is -2.23. The van der Waals surface area contributed by atoms with E-state index in [9.17, 15) is 4.79 Å². The van der Waals surface area contributed by atoms with Crippen LogP contribution < -0.4 is 11.3 Å². The third kappa shape index (κ3) is 3.07. The molecule has 0 amide bonds. The molecule has 0 aliphatic rings. The molecule has 0 spiro atoms. The van der Waals surface area contributed by atoms with Crippen LogP contribution in [0.25, 0.3) is 0 Å². The van der Waals surface area contributed by atoms with Gasteiger partial charge in [-0.25, -0.2) is 4.68 Å². The molecule has 5 heteroatoms. The minimum Gasteiger partial charge on any atom is -0.393 e. The molecule has 0 unspecified atom stereocenters. The fourth-order valence-corrected chi connectivity index (χ4v) is 3.14. The van der Waals surface area contributed by atoms with Crippen LogP contribution in [0.1, 0.15) is 39.0 Å². The first-order valence-electron chi connectivity index (χ1n) is 7.09. The van der Waals surface area contributed by atoms with Crippen LogP contribution in [0.2, 0.25) is 0 Å². The van der Waals surface area contributed by atoms with Gasteiger partial charge in [0.2, 0.25) is 0 Å². The lowest BCUT2D eigenvalue weighted by molar-refractivity contribution is 0.428. The van der Waals surface area contributed by atoms with Crippen LogP contribution in [-0.4, -0.2) is 9.36 Å². The van der Waals surface area contributed by atoms with Gasteiger partial charge in [0.15, 0.2) is 0 Å². The smallest absolute Gasteiger partial charge is 0.290 e. The highest BCUT2D eigenvalue weighted by Crippen LogP contribution is 2.26. The number of nitrogen functional groups attached to an aromatic ring is 1. The molecule has 2 rings (SSSR count). The van der Waals surface area contributed by atoms with Crippen molar-refractivity contribution in [3.63, 3.8) is 0 Å². The molecule has 1 aromatic heterocycles. The van der Waals surface area contributed by atoms with Crippen LogP contribution in [0, 0.1) is 0 Å². The van der Waals surface area contributed by atoms with Gasteiger partial charge in [0.25, 0.3) is 5.56 Å². The Bertz CT molecular complexity index is 707. The molecular formula is C16H22BrN3O. The average Bonchev–Trinajstić information content (AvgIpc) is 2.62. The maximum atomic E-state index is 12.5. The predicted molar refractivity (Wildman–Crippen MR) is 90.7 cm³/mol. The minimum atomic E-state index is -0.165. The van der Waals surface area contributed by atoms with Crippen molar-refractivity contribution in [1.82, 2.24) is 9.36 Å². The number of hydrogen-bond donors (Lipinski definition) is 1. The normalized spacial score (nSPS) is 11.9. The molecule has 0 saturated heterocycles. The SMILES string of the molecule is CCn1c(C(C)(C)C)c(N)c(=O)n1Cc1cccc(Br)c1. The summed E-state index contributed by atoms with van der Waals surface area (Å²) in [7, 11) is 0. The largest absolute Gasteiger partial charge is 0.393 e. The van der Waals surface area contributed by atoms with Crippen molar-refractivity contribution < 1.29 is 0 Å². The van der Waals surface area contributed by atoms with Crippen LogP contribution in [0.15, 0.2) is 33.5 Å². The summed E-state index contributed by atoms with van der Waals surface area (Å²) in [5.41, 5.74) is 8.15. The van der Waals surface area contributed by atoms with Gasteiger partial charge in [0, 0.05) is 16.4 Å². The van der Waals surface area contributed by atoms with Crippen LogP contribution in [0.5, 0.6) is 0 Å². The van der Waals surface area contributed by atoms with Gasteiger partial charge in [0.1, 0.15) is 5.69 Å². The number of nitrogens with two attached hydrogens (primary N) is 1. The van der Waals surface area contributed by atoms with E-state index < -0.39 is 0 Å². The zero-order valence-corrected chi connectivity index (χ0v) is 14.6. The quantitative estimate of drug-likeness (QED) is 0.921. The van der Waals surface area contributed by atoms with E-state index in [1.165, 1.54) is 0 Å². The van der Waals surface area contributed by atoms with Crippen LogP contribution in [0.4, 0.5) is 5.69 Å². The van der Waals surface area contributed by atoms with Gasteiger partial charge in [-0.15, -0.1) is 0 Å². The van der Waals surface area contributed by atoms with Crippen LogP contribution in [0.3, 0.4) is 0 Å². The molecule has 1 aromatic carbocycles. The molecule has 0 atom stereocenters. The summed E-state index contributed by atoms with van der Waals surface area (Å²) in [5, 5.41) is 0. The monoisotopic (exact) mass is 351 g/mol. The molecule has 0 saturated carbocycles. The summed E-state index contributed by atoms with van der Waals surface area (Å²) in [4.78, 5) is 12.5. The summed E-state index contributed by atoms with van der Waals surface area (Å²) < 4.78 is 4.74. The van der Waals surface area contributed by atoms with E-state index in [2.05, 4.69) is 36.7 Å². The van der Waals surface area contributed by atoms with E-state index in [1.807, 2.05) is 35.9 Å². The Labute approximate surface area is 133 Å². The van der Waals surface area contributed by atoms with Gasteiger partial charge in [-0.05, 0) is 24.6 Å². The number of rotatable bonds is 3. The van der Waals surface area contributed by atoms with Crippen molar-refractivity contribution in [3.05, 3.63) is 50.3 Å². The van der Waals surface area contributed by atoms with Gasteiger partial charge in [-0.2, -0.15) is 0 Å². The summed E-state index contributed by atoms with van der Waals surface area (Å²) in [6.45, 7) is 9.50. The van der Waals surface area contributed by atoms with E-state index in [0.29, 0.717) is 18.8 Å². The fraction of sp³-hybridized carbons (Fsp3) is 0.438. The van der Waals surface area contributed by atoms with Gasteiger partial charge in [0.05, 0.1) is 12.2 Å². The molecule has 0 aliphatic heterocycles. The molecule has 0 radical (unpaired) electrons. The molecule has 0 aliphatic carbocycles. The minimum absolute atomic E-state index is 0.109.